The van der Waals surface area contributed by atoms with E-state index in [2.05, 4.69) is 0 Å². The van der Waals surface area contributed by atoms with E-state index in [1.54, 1.807) is 0 Å². The first-order valence-corrected chi connectivity index (χ1v) is 4.11. The third kappa shape index (κ3) is 2.19. The van der Waals surface area contributed by atoms with E-state index >= 15 is 0 Å². The van der Waals surface area contributed by atoms with E-state index in [4.69, 9.17) is 14.6 Å². The van der Waals surface area contributed by atoms with Crippen molar-refractivity contribution < 1.29 is 19.4 Å². The van der Waals surface area contributed by atoms with Crippen LogP contribution in [0.5, 0.6) is 0 Å². The summed E-state index contributed by atoms with van der Waals surface area (Å²) in [5, 5.41) is 8.85. The number of carbonyl (C=O) groups is 1. The predicted octanol–water partition coefficient (Wildman–Crippen LogP) is 0.0878. The minimum Gasteiger partial charge on any atom is -0.458 e. The molecule has 0 radical (unpaired) electrons. The second-order valence-electron chi connectivity index (χ2n) is 3.02. The summed E-state index contributed by atoms with van der Waals surface area (Å²) in [6.07, 6.45) is -0.558. The lowest BCUT2D eigenvalue weighted by atomic mass is 10.2. The Morgan fingerprint density at radius 1 is 1.75 bits per heavy atom. The van der Waals surface area contributed by atoms with Crippen molar-refractivity contribution in [2.24, 2.45) is 0 Å². The molecule has 1 fully saturated rings. The number of carbonyl (C=O) groups excluding carboxylic acids is 1. The van der Waals surface area contributed by atoms with Crippen molar-refractivity contribution in [2.75, 3.05) is 6.61 Å². The SMILES string of the molecule is CC(O)C(=O)OC1CCOC1C. The molecule has 3 atom stereocenters. The molecule has 0 aromatic heterocycles. The minimum absolute atomic E-state index is 0.0484. The van der Waals surface area contributed by atoms with E-state index in [9.17, 15) is 4.79 Å². The van der Waals surface area contributed by atoms with Gasteiger partial charge in [0.2, 0.25) is 0 Å². The molecule has 0 spiro atoms. The first-order valence-electron chi connectivity index (χ1n) is 4.11. The van der Waals surface area contributed by atoms with Crippen LogP contribution in [-0.2, 0) is 14.3 Å². The molecule has 1 aliphatic heterocycles. The monoisotopic (exact) mass is 174 g/mol. The lowest BCUT2D eigenvalue weighted by Crippen LogP contribution is -2.29. The van der Waals surface area contributed by atoms with E-state index in [1.165, 1.54) is 6.92 Å². The Morgan fingerprint density at radius 2 is 2.42 bits per heavy atom. The van der Waals surface area contributed by atoms with Gasteiger partial charge in [-0.25, -0.2) is 4.79 Å². The van der Waals surface area contributed by atoms with Crippen molar-refractivity contribution in [3.05, 3.63) is 0 Å². The van der Waals surface area contributed by atoms with Crippen molar-refractivity contribution in [1.29, 1.82) is 0 Å². The molecule has 4 nitrogen and oxygen atoms in total. The van der Waals surface area contributed by atoms with E-state index in [0.717, 1.165) is 6.42 Å². The summed E-state index contributed by atoms with van der Waals surface area (Å²) >= 11 is 0. The summed E-state index contributed by atoms with van der Waals surface area (Å²) in [7, 11) is 0. The maximum absolute atomic E-state index is 10.9. The van der Waals surface area contributed by atoms with Gasteiger partial charge in [-0.3, -0.25) is 0 Å². The molecule has 1 N–H and O–H groups in total. The van der Waals surface area contributed by atoms with Gasteiger partial charge < -0.3 is 14.6 Å². The van der Waals surface area contributed by atoms with E-state index < -0.39 is 12.1 Å². The fourth-order valence-corrected chi connectivity index (χ4v) is 1.11. The number of hydrogen-bond donors (Lipinski definition) is 1. The van der Waals surface area contributed by atoms with Crippen molar-refractivity contribution in [3.8, 4) is 0 Å². The van der Waals surface area contributed by atoms with Crippen LogP contribution in [0.1, 0.15) is 20.3 Å². The van der Waals surface area contributed by atoms with Crippen LogP contribution in [0, 0.1) is 0 Å². The van der Waals surface area contributed by atoms with Gasteiger partial charge in [0.05, 0.1) is 12.7 Å². The third-order valence-corrected chi connectivity index (χ3v) is 1.92. The largest absolute Gasteiger partial charge is 0.458 e. The Balaban J connectivity index is 2.35. The second kappa shape index (κ2) is 3.87. The van der Waals surface area contributed by atoms with E-state index in [-0.39, 0.29) is 12.2 Å². The Bertz CT molecular complexity index is 166. The lowest BCUT2D eigenvalue weighted by Gasteiger charge is -2.15. The Kier molecular flexibility index (Phi) is 3.05. The molecular weight excluding hydrogens is 160 g/mol. The maximum atomic E-state index is 10.9. The van der Waals surface area contributed by atoms with Crippen LogP contribution in [0.15, 0.2) is 0 Å². The molecule has 70 valence electrons. The zero-order valence-corrected chi connectivity index (χ0v) is 7.32. The third-order valence-electron chi connectivity index (χ3n) is 1.92. The Morgan fingerprint density at radius 3 is 2.83 bits per heavy atom. The van der Waals surface area contributed by atoms with Gasteiger partial charge in [-0.1, -0.05) is 0 Å². The van der Waals surface area contributed by atoms with Gasteiger partial charge in [-0.2, -0.15) is 0 Å². The van der Waals surface area contributed by atoms with Crippen LogP contribution >= 0.6 is 0 Å². The molecule has 1 aliphatic rings. The molecule has 0 saturated carbocycles. The zero-order chi connectivity index (χ0) is 9.14. The molecule has 0 amide bonds. The standard InChI is InChI=1S/C8H14O4/c1-5(9)8(10)12-7-3-4-11-6(7)2/h5-7,9H,3-4H2,1-2H3. The van der Waals surface area contributed by atoms with Crippen molar-refractivity contribution in [1.82, 2.24) is 0 Å². The summed E-state index contributed by atoms with van der Waals surface area (Å²) in [5.74, 6) is -0.572. The van der Waals surface area contributed by atoms with Gasteiger partial charge in [-0.15, -0.1) is 0 Å². The number of esters is 1. The molecule has 1 rings (SSSR count). The van der Waals surface area contributed by atoms with Crippen LogP contribution in [0.25, 0.3) is 0 Å². The van der Waals surface area contributed by atoms with Crippen molar-refractivity contribution in [3.63, 3.8) is 0 Å². The zero-order valence-electron chi connectivity index (χ0n) is 7.32. The average molecular weight is 174 g/mol. The molecule has 12 heavy (non-hydrogen) atoms. The van der Waals surface area contributed by atoms with Gasteiger partial charge in [-0.05, 0) is 13.8 Å². The molecule has 0 bridgehead atoms. The Labute approximate surface area is 71.5 Å². The fourth-order valence-electron chi connectivity index (χ4n) is 1.11. The molecule has 0 aromatic carbocycles. The van der Waals surface area contributed by atoms with Gasteiger partial charge >= 0.3 is 5.97 Å². The van der Waals surface area contributed by atoms with Crippen LogP contribution < -0.4 is 0 Å². The summed E-state index contributed by atoms with van der Waals surface area (Å²) in [4.78, 5) is 10.9. The lowest BCUT2D eigenvalue weighted by molar-refractivity contribution is -0.160. The van der Waals surface area contributed by atoms with Crippen LogP contribution in [-0.4, -0.2) is 36.0 Å². The normalized spacial score (nSPS) is 31.6. The van der Waals surface area contributed by atoms with E-state index in [0.29, 0.717) is 6.61 Å². The fraction of sp³-hybridized carbons (Fsp3) is 0.875. The molecular formula is C8H14O4. The number of aliphatic hydroxyl groups excluding tert-OH is 1. The quantitative estimate of drug-likeness (QED) is 0.603. The highest BCUT2D eigenvalue weighted by Crippen LogP contribution is 2.16. The van der Waals surface area contributed by atoms with Crippen LogP contribution in [0.2, 0.25) is 0 Å². The number of rotatable bonds is 2. The van der Waals surface area contributed by atoms with Gasteiger partial charge in [0.1, 0.15) is 12.2 Å². The molecule has 1 saturated heterocycles. The minimum atomic E-state index is -1.04. The molecule has 1 heterocycles. The topological polar surface area (TPSA) is 55.8 Å². The highest BCUT2D eigenvalue weighted by Gasteiger charge is 2.28. The maximum Gasteiger partial charge on any atom is 0.335 e. The summed E-state index contributed by atoms with van der Waals surface area (Å²) in [5.41, 5.74) is 0. The van der Waals surface area contributed by atoms with Crippen molar-refractivity contribution in [2.45, 2.75) is 38.6 Å². The predicted molar refractivity (Wildman–Crippen MR) is 41.6 cm³/mol. The van der Waals surface area contributed by atoms with Crippen LogP contribution in [0.4, 0.5) is 0 Å². The first kappa shape index (κ1) is 9.48. The molecule has 3 unspecified atom stereocenters. The van der Waals surface area contributed by atoms with Gasteiger partial charge in [0, 0.05) is 6.42 Å². The molecule has 0 aliphatic carbocycles. The number of aliphatic hydroxyl groups is 1. The highest BCUT2D eigenvalue weighted by molar-refractivity contribution is 5.74. The Hall–Kier alpha value is -0.610. The van der Waals surface area contributed by atoms with Crippen molar-refractivity contribution >= 4 is 5.97 Å². The molecule has 4 heteroatoms. The summed E-state index contributed by atoms with van der Waals surface area (Å²) in [6, 6.07) is 0. The van der Waals surface area contributed by atoms with Gasteiger partial charge in [0.15, 0.2) is 0 Å². The summed E-state index contributed by atoms with van der Waals surface area (Å²) < 4.78 is 10.2. The highest BCUT2D eigenvalue weighted by atomic mass is 16.6. The van der Waals surface area contributed by atoms with Crippen LogP contribution in [0.3, 0.4) is 0 Å². The number of hydrogen-bond acceptors (Lipinski definition) is 4. The second-order valence-corrected chi connectivity index (χ2v) is 3.02. The van der Waals surface area contributed by atoms with E-state index in [1.807, 2.05) is 6.92 Å². The average Bonchev–Trinajstić information content (AvgIpc) is 2.36. The smallest absolute Gasteiger partial charge is 0.335 e. The summed E-state index contributed by atoms with van der Waals surface area (Å²) in [6.45, 7) is 3.87. The first-order chi connectivity index (χ1) is 5.61. The van der Waals surface area contributed by atoms with Gasteiger partial charge in [0.25, 0.3) is 0 Å². The number of ether oxygens (including phenoxy) is 2. The molecule has 0 aromatic rings.